The number of hydrogen-bond donors (Lipinski definition) is 1. The highest BCUT2D eigenvalue weighted by Crippen LogP contribution is 2.21. The second-order valence-electron chi connectivity index (χ2n) is 5.48. The van der Waals surface area contributed by atoms with Crippen LogP contribution in [0.25, 0.3) is 6.08 Å². The summed E-state index contributed by atoms with van der Waals surface area (Å²) in [4.78, 5) is 14.5. The van der Waals surface area contributed by atoms with Gasteiger partial charge in [-0.15, -0.1) is 0 Å². The lowest BCUT2D eigenvalue weighted by Crippen LogP contribution is -2.20. The second kappa shape index (κ2) is 8.74. The minimum Gasteiger partial charge on any atom is -0.441 e. The standard InChI is InChI=1S/C20H23N3O2/c1-4-15-9-7-8-10-18(15)22-20(24)16(14-21)13-17-11-12-19(25-17)23(5-2)6-3/h7-13H,4-6H2,1-3H3,(H,22,24)/b16-13-. The topological polar surface area (TPSA) is 69.3 Å². The molecule has 0 aliphatic carbocycles. The molecular formula is C20H23N3O2. The van der Waals surface area contributed by atoms with Gasteiger partial charge in [0.15, 0.2) is 5.88 Å². The summed E-state index contributed by atoms with van der Waals surface area (Å²) in [6.07, 6.45) is 2.27. The molecule has 0 bridgehead atoms. The Balaban J connectivity index is 2.20. The number of para-hydroxylation sites is 1. The molecule has 0 aliphatic heterocycles. The van der Waals surface area contributed by atoms with Gasteiger partial charge < -0.3 is 14.6 Å². The molecule has 0 spiro atoms. The largest absolute Gasteiger partial charge is 0.441 e. The van der Waals surface area contributed by atoms with E-state index in [0.717, 1.165) is 36.6 Å². The summed E-state index contributed by atoms with van der Waals surface area (Å²) in [5, 5.41) is 12.1. The molecule has 0 atom stereocenters. The third kappa shape index (κ3) is 4.51. The number of anilines is 2. The molecule has 2 aromatic rings. The molecule has 0 radical (unpaired) electrons. The first-order chi connectivity index (χ1) is 12.1. The number of rotatable bonds is 7. The van der Waals surface area contributed by atoms with E-state index in [2.05, 4.69) is 10.2 Å². The molecule has 0 fully saturated rings. The van der Waals surface area contributed by atoms with E-state index in [9.17, 15) is 10.1 Å². The maximum atomic E-state index is 12.4. The molecule has 5 heteroatoms. The Morgan fingerprint density at radius 2 is 1.92 bits per heavy atom. The predicted octanol–water partition coefficient (Wildman–Crippen LogP) is 4.23. The lowest BCUT2D eigenvalue weighted by atomic mass is 10.1. The number of hydrogen-bond acceptors (Lipinski definition) is 4. The van der Waals surface area contributed by atoms with Crippen LogP contribution in [0.3, 0.4) is 0 Å². The highest BCUT2D eigenvalue weighted by Gasteiger charge is 2.13. The van der Waals surface area contributed by atoms with Crippen LogP contribution in [0.15, 0.2) is 46.4 Å². The molecule has 1 aromatic heterocycles. The maximum Gasteiger partial charge on any atom is 0.266 e. The van der Waals surface area contributed by atoms with Crippen molar-refractivity contribution in [2.24, 2.45) is 0 Å². The minimum atomic E-state index is -0.441. The van der Waals surface area contributed by atoms with Gasteiger partial charge in [0.05, 0.1) is 0 Å². The van der Waals surface area contributed by atoms with Crippen molar-refractivity contribution in [3.63, 3.8) is 0 Å². The van der Waals surface area contributed by atoms with Crippen LogP contribution in [0.1, 0.15) is 32.1 Å². The van der Waals surface area contributed by atoms with Gasteiger partial charge in [-0.2, -0.15) is 5.26 Å². The van der Waals surface area contributed by atoms with E-state index in [0.29, 0.717) is 5.76 Å². The molecule has 1 aromatic carbocycles. The van der Waals surface area contributed by atoms with Crippen molar-refractivity contribution in [3.8, 4) is 6.07 Å². The Morgan fingerprint density at radius 3 is 2.56 bits per heavy atom. The fourth-order valence-electron chi connectivity index (χ4n) is 2.56. The fourth-order valence-corrected chi connectivity index (χ4v) is 2.56. The fraction of sp³-hybridized carbons (Fsp3) is 0.300. The molecule has 5 nitrogen and oxygen atoms in total. The van der Waals surface area contributed by atoms with Gasteiger partial charge in [0.25, 0.3) is 5.91 Å². The third-order valence-electron chi connectivity index (χ3n) is 3.99. The molecule has 1 N–H and O–H groups in total. The van der Waals surface area contributed by atoms with Gasteiger partial charge in [-0.3, -0.25) is 4.79 Å². The Bertz CT molecular complexity index is 795. The first kappa shape index (κ1) is 18.3. The summed E-state index contributed by atoms with van der Waals surface area (Å²) in [6.45, 7) is 7.75. The molecular weight excluding hydrogens is 314 g/mol. The van der Waals surface area contributed by atoms with Gasteiger partial charge in [-0.05, 0) is 38.0 Å². The Labute approximate surface area is 148 Å². The summed E-state index contributed by atoms with van der Waals surface area (Å²) in [5.41, 5.74) is 1.75. The van der Waals surface area contributed by atoms with Crippen LogP contribution in [0.4, 0.5) is 11.6 Å². The van der Waals surface area contributed by atoms with Crippen molar-refractivity contribution < 1.29 is 9.21 Å². The molecule has 1 heterocycles. The zero-order chi connectivity index (χ0) is 18.2. The average molecular weight is 337 g/mol. The zero-order valence-electron chi connectivity index (χ0n) is 14.9. The summed E-state index contributed by atoms with van der Waals surface area (Å²) in [7, 11) is 0. The molecule has 0 unspecified atom stereocenters. The SMILES string of the molecule is CCc1ccccc1NC(=O)/C(C#N)=C\c1ccc(N(CC)CC)o1. The van der Waals surface area contributed by atoms with Crippen LogP contribution in [0.2, 0.25) is 0 Å². The van der Waals surface area contributed by atoms with Crippen molar-refractivity contribution in [2.75, 3.05) is 23.3 Å². The maximum absolute atomic E-state index is 12.4. The van der Waals surface area contributed by atoms with Crippen LogP contribution >= 0.6 is 0 Å². The zero-order valence-corrected chi connectivity index (χ0v) is 14.9. The van der Waals surface area contributed by atoms with Crippen LogP contribution in [0, 0.1) is 11.3 Å². The number of carbonyl (C=O) groups excluding carboxylic acids is 1. The lowest BCUT2D eigenvalue weighted by Gasteiger charge is -2.16. The lowest BCUT2D eigenvalue weighted by molar-refractivity contribution is -0.112. The monoisotopic (exact) mass is 337 g/mol. The van der Waals surface area contributed by atoms with E-state index < -0.39 is 5.91 Å². The molecule has 0 aliphatic rings. The first-order valence-corrected chi connectivity index (χ1v) is 8.48. The van der Waals surface area contributed by atoms with Crippen LogP contribution in [0.5, 0.6) is 0 Å². The van der Waals surface area contributed by atoms with E-state index in [1.807, 2.05) is 57.2 Å². The van der Waals surface area contributed by atoms with Crippen LogP contribution < -0.4 is 10.2 Å². The number of nitrogens with one attached hydrogen (secondary N) is 1. The highest BCUT2D eigenvalue weighted by molar-refractivity contribution is 6.09. The number of benzene rings is 1. The van der Waals surface area contributed by atoms with Gasteiger partial charge in [0, 0.05) is 30.9 Å². The van der Waals surface area contributed by atoms with Gasteiger partial charge in [-0.1, -0.05) is 25.1 Å². The Morgan fingerprint density at radius 1 is 1.20 bits per heavy atom. The van der Waals surface area contributed by atoms with E-state index in [1.165, 1.54) is 6.08 Å². The molecule has 130 valence electrons. The smallest absolute Gasteiger partial charge is 0.266 e. The van der Waals surface area contributed by atoms with E-state index >= 15 is 0 Å². The predicted molar refractivity (Wildman–Crippen MR) is 100 cm³/mol. The number of amides is 1. The van der Waals surface area contributed by atoms with E-state index in [-0.39, 0.29) is 5.57 Å². The Kier molecular flexibility index (Phi) is 6.41. The van der Waals surface area contributed by atoms with Crippen molar-refractivity contribution in [3.05, 3.63) is 53.3 Å². The first-order valence-electron chi connectivity index (χ1n) is 8.48. The number of furan rings is 1. The Hall–Kier alpha value is -3.00. The average Bonchev–Trinajstić information content (AvgIpc) is 3.09. The third-order valence-corrected chi connectivity index (χ3v) is 3.99. The number of aryl methyl sites for hydroxylation is 1. The number of carbonyl (C=O) groups is 1. The van der Waals surface area contributed by atoms with Gasteiger partial charge in [0.2, 0.25) is 0 Å². The van der Waals surface area contributed by atoms with Gasteiger partial charge >= 0.3 is 0 Å². The van der Waals surface area contributed by atoms with Crippen LogP contribution in [-0.4, -0.2) is 19.0 Å². The minimum absolute atomic E-state index is 0.00588. The quantitative estimate of drug-likeness (QED) is 0.606. The van der Waals surface area contributed by atoms with E-state index in [1.54, 1.807) is 6.07 Å². The normalized spacial score (nSPS) is 11.0. The molecule has 0 saturated carbocycles. The van der Waals surface area contributed by atoms with Crippen LogP contribution in [-0.2, 0) is 11.2 Å². The van der Waals surface area contributed by atoms with Crippen molar-refractivity contribution in [1.82, 2.24) is 0 Å². The highest BCUT2D eigenvalue weighted by atomic mass is 16.4. The number of nitriles is 1. The molecule has 2 rings (SSSR count). The van der Waals surface area contributed by atoms with Gasteiger partial charge in [0.1, 0.15) is 17.4 Å². The van der Waals surface area contributed by atoms with Gasteiger partial charge in [-0.25, -0.2) is 0 Å². The van der Waals surface area contributed by atoms with E-state index in [4.69, 9.17) is 4.42 Å². The van der Waals surface area contributed by atoms with Crippen molar-refractivity contribution in [2.45, 2.75) is 27.2 Å². The second-order valence-corrected chi connectivity index (χ2v) is 5.48. The summed E-state index contributed by atoms with van der Waals surface area (Å²) >= 11 is 0. The summed E-state index contributed by atoms with van der Waals surface area (Å²) in [6, 6.07) is 13.1. The number of nitrogens with zero attached hydrogens (tertiary/aromatic N) is 2. The van der Waals surface area contributed by atoms with Crippen molar-refractivity contribution >= 4 is 23.6 Å². The molecule has 0 saturated heterocycles. The molecule has 1 amide bonds. The summed E-state index contributed by atoms with van der Waals surface area (Å²) in [5.74, 6) is 0.770. The summed E-state index contributed by atoms with van der Waals surface area (Å²) < 4.78 is 5.72. The van der Waals surface area contributed by atoms with Crippen molar-refractivity contribution in [1.29, 1.82) is 5.26 Å². The molecule has 25 heavy (non-hydrogen) atoms.